The molecule has 0 radical (unpaired) electrons. The van der Waals surface area contributed by atoms with Gasteiger partial charge in [0.25, 0.3) is 0 Å². The second kappa shape index (κ2) is 63.3. The van der Waals surface area contributed by atoms with Crippen LogP contribution in [0.4, 0.5) is 0 Å². The molecule has 0 heterocycles. The average Bonchev–Trinajstić information content (AvgIpc) is 3.40. The van der Waals surface area contributed by atoms with Gasteiger partial charge in [0, 0.05) is 6.42 Å². The lowest BCUT2D eigenvalue weighted by Gasteiger charge is -2.22. The van der Waals surface area contributed by atoms with Gasteiger partial charge in [-0.3, -0.25) is 4.79 Å². The van der Waals surface area contributed by atoms with Gasteiger partial charge in [-0.1, -0.05) is 322 Å². The van der Waals surface area contributed by atoms with Crippen molar-refractivity contribution in [3.05, 3.63) is 109 Å². The highest BCUT2D eigenvalue weighted by Crippen LogP contribution is 2.17. The first kappa shape index (κ1) is 70.1. The van der Waals surface area contributed by atoms with E-state index in [0.29, 0.717) is 12.8 Å². The zero-order valence-electron chi connectivity index (χ0n) is 48.4. The third-order valence-electron chi connectivity index (χ3n) is 14.0. The molecule has 4 heteroatoms. The van der Waals surface area contributed by atoms with Gasteiger partial charge in [0.05, 0.1) is 18.8 Å². The lowest BCUT2D eigenvalue weighted by molar-refractivity contribution is -0.123. The standard InChI is InChI=1S/C69H121NO3/c1-3-5-7-9-11-13-15-17-19-21-23-25-27-29-31-33-34-35-36-37-39-41-43-45-47-49-51-53-55-57-59-61-63-65-69(73)70-67(66-71)68(72)64-62-60-58-56-54-52-50-48-46-44-42-40-38-32-30-28-26-24-22-20-18-16-14-12-10-8-6-4-2/h5,7,11,13,17,19,23,25,29,31,34-35,37,39,43,45,49,51,67-68,71-72H,3-4,6,8-10,12,14-16,18,20-22,24,26-28,30,32-33,36,38,40-42,44,46-48,50,52-66H2,1-2H3,(H,70,73)/b7-5-,13-11-,19-17-,25-23-,31-29-,35-34-,39-37-,45-43-,51-49-. The largest absolute Gasteiger partial charge is 0.394 e. The first-order valence-electron chi connectivity index (χ1n) is 31.6. The Labute approximate surface area is 455 Å². The number of aliphatic hydroxyl groups is 2. The van der Waals surface area contributed by atoms with Gasteiger partial charge in [-0.15, -0.1) is 0 Å². The van der Waals surface area contributed by atoms with Crippen molar-refractivity contribution in [2.75, 3.05) is 6.61 Å². The van der Waals surface area contributed by atoms with Gasteiger partial charge >= 0.3 is 0 Å². The highest BCUT2D eigenvalue weighted by atomic mass is 16.3. The van der Waals surface area contributed by atoms with E-state index in [1.54, 1.807) is 0 Å². The quantitative estimate of drug-likeness (QED) is 0.0420. The van der Waals surface area contributed by atoms with Gasteiger partial charge in [-0.05, 0) is 83.5 Å². The molecular formula is C69H121NO3. The second-order valence-corrected chi connectivity index (χ2v) is 21.1. The van der Waals surface area contributed by atoms with Crippen molar-refractivity contribution in [3.8, 4) is 0 Å². The molecule has 420 valence electrons. The topological polar surface area (TPSA) is 69.6 Å². The highest BCUT2D eigenvalue weighted by Gasteiger charge is 2.20. The van der Waals surface area contributed by atoms with Crippen LogP contribution in [0.5, 0.6) is 0 Å². The van der Waals surface area contributed by atoms with Crippen molar-refractivity contribution >= 4 is 5.91 Å². The molecular weight excluding hydrogens is 891 g/mol. The molecule has 0 fully saturated rings. The first-order valence-corrected chi connectivity index (χ1v) is 31.6. The minimum Gasteiger partial charge on any atom is -0.394 e. The van der Waals surface area contributed by atoms with Crippen LogP contribution < -0.4 is 5.32 Å². The fourth-order valence-electron chi connectivity index (χ4n) is 9.30. The second-order valence-electron chi connectivity index (χ2n) is 21.1. The summed E-state index contributed by atoms with van der Waals surface area (Å²) < 4.78 is 0. The number of unbranched alkanes of at least 4 members (excludes halogenated alkanes) is 32. The number of hydrogen-bond acceptors (Lipinski definition) is 3. The summed E-state index contributed by atoms with van der Waals surface area (Å²) in [4.78, 5) is 12.5. The Morgan fingerprint density at radius 1 is 0.342 bits per heavy atom. The van der Waals surface area contributed by atoms with Crippen LogP contribution in [0.2, 0.25) is 0 Å². The molecule has 73 heavy (non-hydrogen) atoms. The third kappa shape index (κ3) is 59.8. The maximum absolute atomic E-state index is 12.5. The summed E-state index contributed by atoms with van der Waals surface area (Å²) in [5.74, 6) is -0.0511. The van der Waals surface area contributed by atoms with Crippen LogP contribution in [0.3, 0.4) is 0 Å². The van der Waals surface area contributed by atoms with E-state index in [-0.39, 0.29) is 12.5 Å². The maximum Gasteiger partial charge on any atom is 0.220 e. The predicted octanol–water partition coefficient (Wildman–Crippen LogP) is 21.4. The SMILES string of the molecule is CC/C=C\C/C=C\C/C=C\C/C=C\C/C=C\C/C=C\C/C=C\C/C=C\C/C=C\CCCCCCCC(=O)NC(CO)C(O)CCCCCCCCCCCCCCCCCCCCCCCCCCCCCC. The molecule has 0 aliphatic rings. The minimum atomic E-state index is -0.678. The fourth-order valence-corrected chi connectivity index (χ4v) is 9.30. The van der Waals surface area contributed by atoms with Crippen molar-refractivity contribution in [1.29, 1.82) is 0 Å². The summed E-state index contributed by atoms with van der Waals surface area (Å²) in [5.41, 5.74) is 0. The van der Waals surface area contributed by atoms with E-state index in [4.69, 9.17) is 0 Å². The Morgan fingerprint density at radius 2 is 0.603 bits per heavy atom. The molecule has 0 aliphatic carbocycles. The van der Waals surface area contributed by atoms with Crippen molar-refractivity contribution < 1.29 is 15.0 Å². The van der Waals surface area contributed by atoms with E-state index in [1.165, 1.54) is 180 Å². The van der Waals surface area contributed by atoms with E-state index < -0.39 is 12.1 Å². The molecule has 0 aromatic carbocycles. The normalized spacial score (nSPS) is 13.5. The van der Waals surface area contributed by atoms with Crippen LogP contribution >= 0.6 is 0 Å². The van der Waals surface area contributed by atoms with Crippen LogP contribution in [0.1, 0.15) is 303 Å². The van der Waals surface area contributed by atoms with Gasteiger partial charge < -0.3 is 15.5 Å². The number of carbonyl (C=O) groups is 1. The summed E-state index contributed by atoms with van der Waals surface area (Å²) in [5, 5.41) is 23.4. The molecule has 0 aromatic heterocycles. The van der Waals surface area contributed by atoms with Crippen molar-refractivity contribution in [1.82, 2.24) is 5.32 Å². The Balaban J connectivity index is 3.56. The smallest absolute Gasteiger partial charge is 0.220 e. The lowest BCUT2D eigenvalue weighted by Crippen LogP contribution is -2.45. The number of rotatable bonds is 57. The van der Waals surface area contributed by atoms with E-state index in [2.05, 4.69) is 129 Å². The number of allylic oxidation sites excluding steroid dienone is 18. The van der Waals surface area contributed by atoms with Gasteiger partial charge in [-0.2, -0.15) is 0 Å². The summed E-state index contributed by atoms with van der Waals surface area (Å²) in [6, 6.07) is -0.557. The van der Waals surface area contributed by atoms with Crippen LogP contribution in [0.15, 0.2) is 109 Å². The molecule has 4 nitrogen and oxygen atoms in total. The number of aliphatic hydroxyl groups excluding tert-OH is 2. The van der Waals surface area contributed by atoms with Crippen LogP contribution in [-0.4, -0.2) is 34.9 Å². The van der Waals surface area contributed by atoms with Crippen LogP contribution in [0, 0.1) is 0 Å². The van der Waals surface area contributed by atoms with Crippen LogP contribution in [0.25, 0.3) is 0 Å². The Bertz CT molecular complexity index is 1380. The van der Waals surface area contributed by atoms with E-state index in [1.807, 2.05) is 0 Å². The Morgan fingerprint density at radius 3 is 0.904 bits per heavy atom. The molecule has 3 N–H and O–H groups in total. The number of carbonyl (C=O) groups excluding carboxylic acids is 1. The summed E-state index contributed by atoms with van der Waals surface area (Å²) in [7, 11) is 0. The Kier molecular flexibility index (Phi) is 60.8. The molecule has 0 spiro atoms. The minimum absolute atomic E-state index is 0.0511. The summed E-state index contributed by atoms with van der Waals surface area (Å²) >= 11 is 0. The zero-order chi connectivity index (χ0) is 52.7. The highest BCUT2D eigenvalue weighted by molar-refractivity contribution is 5.76. The van der Waals surface area contributed by atoms with Crippen molar-refractivity contribution in [2.45, 2.75) is 315 Å². The molecule has 0 rings (SSSR count). The van der Waals surface area contributed by atoms with Gasteiger partial charge in [0.2, 0.25) is 5.91 Å². The van der Waals surface area contributed by atoms with E-state index in [9.17, 15) is 15.0 Å². The fraction of sp³-hybridized carbons (Fsp3) is 0.725. The third-order valence-corrected chi connectivity index (χ3v) is 14.0. The molecule has 2 atom stereocenters. The molecule has 0 aliphatic heterocycles. The zero-order valence-corrected chi connectivity index (χ0v) is 48.4. The number of amides is 1. The Hall–Kier alpha value is -2.95. The molecule has 1 amide bonds. The lowest BCUT2D eigenvalue weighted by atomic mass is 10.0. The van der Waals surface area contributed by atoms with Crippen molar-refractivity contribution in [3.63, 3.8) is 0 Å². The molecule has 2 unspecified atom stereocenters. The van der Waals surface area contributed by atoms with Crippen LogP contribution in [-0.2, 0) is 4.79 Å². The summed E-state index contributed by atoms with van der Waals surface area (Å²) in [6.45, 7) is 4.26. The monoisotopic (exact) mass is 1010 g/mol. The average molecular weight is 1010 g/mol. The maximum atomic E-state index is 12.5. The predicted molar refractivity (Wildman–Crippen MR) is 326 cm³/mol. The van der Waals surface area contributed by atoms with Crippen molar-refractivity contribution in [2.24, 2.45) is 0 Å². The van der Waals surface area contributed by atoms with Gasteiger partial charge in [-0.25, -0.2) is 0 Å². The van der Waals surface area contributed by atoms with Gasteiger partial charge in [0.15, 0.2) is 0 Å². The number of nitrogens with one attached hydrogen (secondary N) is 1. The summed E-state index contributed by atoms with van der Waals surface area (Å²) in [6.07, 6.45) is 95.3. The first-order chi connectivity index (χ1) is 36.2. The van der Waals surface area contributed by atoms with E-state index in [0.717, 1.165) is 96.3 Å². The molecule has 0 saturated heterocycles. The van der Waals surface area contributed by atoms with E-state index >= 15 is 0 Å². The molecule has 0 aromatic rings. The molecule has 0 bridgehead atoms. The van der Waals surface area contributed by atoms with Gasteiger partial charge in [0.1, 0.15) is 0 Å². The number of hydrogen-bond donors (Lipinski definition) is 3. The molecule has 0 saturated carbocycles.